The number of carboxylic acids is 1. The maximum Gasteiger partial charge on any atom is 0.311 e. The van der Waals surface area contributed by atoms with Crippen LogP contribution in [-0.4, -0.2) is 48.2 Å². The second-order valence-electron chi connectivity index (χ2n) is 6.03. The van der Waals surface area contributed by atoms with Gasteiger partial charge in [-0.15, -0.1) is 0 Å². The van der Waals surface area contributed by atoms with E-state index in [-0.39, 0.29) is 0 Å². The Hall–Kier alpha value is -2.40. The first-order valence-electron chi connectivity index (χ1n) is 8.05. The van der Waals surface area contributed by atoms with Gasteiger partial charge in [0.05, 0.1) is 12.5 Å². The van der Waals surface area contributed by atoms with E-state index in [1.54, 1.807) is 24.5 Å². The van der Waals surface area contributed by atoms with Gasteiger partial charge in [-0.3, -0.25) is 9.78 Å². The van der Waals surface area contributed by atoms with Crippen molar-refractivity contribution < 1.29 is 14.6 Å². The fraction of sp³-hybridized carbons (Fsp3) is 0.368. The molecule has 0 bridgehead atoms. The molecule has 0 aliphatic rings. The molecule has 1 aromatic carbocycles. The number of benzene rings is 1. The lowest BCUT2D eigenvalue weighted by atomic mass is 9.93. The third-order valence-electron chi connectivity index (χ3n) is 3.74. The number of rotatable bonds is 9. The van der Waals surface area contributed by atoms with Crippen molar-refractivity contribution in [3.63, 3.8) is 0 Å². The van der Waals surface area contributed by atoms with Gasteiger partial charge in [-0.2, -0.15) is 0 Å². The standard InChI is InChI=1S/C19H24N2O3/c1-21(2)10-5-11-24-17-8-3-6-15(12-17)13-18(19(22)23)16-7-4-9-20-14-16/h3-4,6-9,12,14,18H,5,10-11,13H2,1-2H3,(H,22,23). The van der Waals surface area contributed by atoms with Gasteiger partial charge in [-0.05, 0) is 56.3 Å². The molecular weight excluding hydrogens is 304 g/mol. The summed E-state index contributed by atoms with van der Waals surface area (Å²) in [5, 5.41) is 9.52. The van der Waals surface area contributed by atoms with Crippen molar-refractivity contribution in [1.29, 1.82) is 0 Å². The van der Waals surface area contributed by atoms with Crippen LogP contribution in [0, 0.1) is 0 Å². The highest BCUT2D eigenvalue weighted by Gasteiger charge is 2.20. The minimum absolute atomic E-state index is 0.413. The Kier molecular flexibility index (Phi) is 6.75. The Morgan fingerprint density at radius 3 is 2.79 bits per heavy atom. The first-order chi connectivity index (χ1) is 11.6. The molecule has 0 fully saturated rings. The molecule has 128 valence electrons. The Balaban J connectivity index is 2.00. The number of hydrogen-bond donors (Lipinski definition) is 1. The number of ether oxygens (including phenoxy) is 1. The molecule has 1 atom stereocenters. The highest BCUT2D eigenvalue weighted by molar-refractivity contribution is 5.76. The molecule has 2 rings (SSSR count). The molecule has 5 heteroatoms. The first kappa shape index (κ1) is 17.9. The molecular formula is C19H24N2O3. The zero-order valence-corrected chi connectivity index (χ0v) is 14.2. The zero-order chi connectivity index (χ0) is 17.4. The van der Waals surface area contributed by atoms with Crippen LogP contribution in [-0.2, 0) is 11.2 Å². The molecule has 1 N–H and O–H groups in total. The maximum absolute atomic E-state index is 11.6. The predicted octanol–water partition coefficient (Wildman–Crippen LogP) is 2.82. The van der Waals surface area contributed by atoms with E-state index in [1.165, 1.54) is 0 Å². The van der Waals surface area contributed by atoms with E-state index in [9.17, 15) is 9.90 Å². The number of hydrogen-bond acceptors (Lipinski definition) is 4. The summed E-state index contributed by atoms with van der Waals surface area (Å²) in [5.74, 6) is -0.676. The molecule has 0 radical (unpaired) electrons. The van der Waals surface area contributed by atoms with E-state index in [2.05, 4.69) is 9.88 Å². The van der Waals surface area contributed by atoms with Crippen molar-refractivity contribution in [2.24, 2.45) is 0 Å². The van der Waals surface area contributed by atoms with Crippen LogP contribution in [0.15, 0.2) is 48.8 Å². The number of aromatic nitrogens is 1. The van der Waals surface area contributed by atoms with Gasteiger partial charge in [0.15, 0.2) is 0 Å². The van der Waals surface area contributed by atoms with Crippen molar-refractivity contribution in [2.45, 2.75) is 18.8 Å². The summed E-state index contributed by atoms with van der Waals surface area (Å²) in [4.78, 5) is 17.7. The van der Waals surface area contributed by atoms with E-state index >= 15 is 0 Å². The lowest BCUT2D eigenvalue weighted by Crippen LogP contribution is -2.16. The first-order valence-corrected chi connectivity index (χ1v) is 8.05. The van der Waals surface area contributed by atoms with Crippen molar-refractivity contribution >= 4 is 5.97 Å². The van der Waals surface area contributed by atoms with Crippen molar-refractivity contribution in [3.8, 4) is 5.75 Å². The van der Waals surface area contributed by atoms with Crippen LogP contribution in [0.5, 0.6) is 5.75 Å². The maximum atomic E-state index is 11.6. The van der Waals surface area contributed by atoms with E-state index in [4.69, 9.17) is 4.74 Å². The molecule has 0 amide bonds. The van der Waals surface area contributed by atoms with Crippen molar-refractivity contribution in [2.75, 3.05) is 27.2 Å². The van der Waals surface area contributed by atoms with Crippen molar-refractivity contribution in [1.82, 2.24) is 9.88 Å². The lowest BCUT2D eigenvalue weighted by Gasteiger charge is -2.14. The van der Waals surface area contributed by atoms with Gasteiger partial charge >= 0.3 is 5.97 Å². The molecule has 2 aromatic rings. The number of aliphatic carboxylic acids is 1. The van der Waals surface area contributed by atoms with Gasteiger partial charge in [0.1, 0.15) is 5.75 Å². The molecule has 1 aromatic heterocycles. The average Bonchev–Trinajstić information content (AvgIpc) is 2.57. The third kappa shape index (κ3) is 5.66. The molecule has 1 heterocycles. The predicted molar refractivity (Wildman–Crippen MR) is 93.4 cm³/mol. The zero-order valence-electron chi connectivity index (χ0n) is 14.2. The van der Waals surface area contributed by atoms with Crippen LogP contribution in [0.3, 0.4) is 0 Å². The van der Waals surface area contributed by atoms with Gasteiger partial charge in [0.25, 0.3) is 0 Å². The fourth-order valence-corrected chi connectivity index (χ4v) is 2.50. The normalized spacial score (nSPS) is 12.1. The van der Waals surface area contributed by atoms with E-state index in [1.807, 2.05) is 38.4 Å². The Bertz CT molecular complexity index is 644. The third-order valence-corrected chi connectivity index (χ3v) is 3.74. The summed E-state index contributed by atoms with van der Waals surface area (Å²) < 4.78 is 5.76. The highest BCUT2D eigenvalue weighted by Crippen LogP contribution is 2.23. The van der Waals surface area contributed by atoms with Gasteiger partial charge < -0.3 is 14.7 Å². The SMILES string of the molecule is CN(C)CCCOc1cccc(CC(C(=O)O)c2cccnc2)c1. The van der Waals surface area contributed by atoms with Crippen LogP contribution < -0.4 is 4.74 Å². The van der Waals surface area contributed by atoms with Crippen LogP contribution in [0.2, 0.25) is 0 Å². The van der Waals surface area contributed by atoms with E-state index < -0.39 is 11.9 Å². The summed E-state index contributed by atoms with van der Waals surface area (Å²) in [6.45, 7) is 1.62. The second-order valence-corrected chi connectivity index (χ2v) is 6.03. The fourth-order valence-electron chi connectivity index (χ4n) is 2.50. The molecule has 24 heavy (non-hydrogen) atoms. The van der Waals surface area contributed by atoms with Crippen molar-refractivity contribution in [3.05, 3.63) is 59.9 Å². The van der Waals surface area contributed by atoms with Gasteiger partial charge in [0, 0.05) is 18.9 Å². The molecule has 1 unspecified atom stereocenters. The van der Waals surface area contributed by atoms with Crippen LogP contribution >= 0.6 is 0 Å². The number of nitrogens with zero attached hydrogens (tertiary/aromatic N) is 2. The van der Waals surface area contributed by atoms with Crippen LogP contribution in [0.4, 0.5) is 0 Å². The van der Waals surface area contributed by atoms with Crippen LogP contribution in [0.1, 0.15) is 23.5 Å². The topological polar surface area (TPSA) is 62.7 Å². The Labute approximate surface area is 142 Å². The smallest absolute Gasteiger partial charge is 0.311 e. The minimum atomic E-state index is -0.847. The average molecular weight is 328 g/mol. The minimum Gasteiger partial charge on any atom is -0.494 e. The molecule has 0 spiro atoms. The molecule has 0 aliphatic carbocycles. The lowest BCUT2D eigenvalue weighted by molar-refractivity contribution is -0.138. The quantitative estimate of drug-likeness (QED) is 0.717. The number of carbonyl (C=O) groups is 1. The van der Waals surface area contributed by atoms with Crippen LogP contribution in [0.25, 0.3) is 0 Å². The largest absolute Gasteiger partial charge is 0.494 e. The molecule has 0 saturated carbocycles. The Morgan fingerprint density at radius 2 is 2.12 bits per heavy atom. The number of carboxylic acid groups (broad SMARTS) is 1. The van der Waals surface area contributed by atoms with E-state index in [0.717, 1.165) is 24.3 Å². The second kappa shape index (κ2) is 9.03. The molecule has 5 nitrogen and oxygen atoms in total. The van der Waals surface area contributed by atoms with E-state index in [0.29, 0.717) is 18.6 Å². The van der Waals surface area contributed by atoms with Gasteiger partial charge in [0.2, 0.25) is 0 Å². The monoisotopic (exact) mass is 328 g/mol. The summed E-state index contributed by atoms with van der Waals surface area (Å²) >= 11 is 0. The summed E-state index contributed by atoms with van der Waals surface area (Å²) in [6, 6.07) is 11.2. The van der Waals surface area contributed by atoms with Gasteiger partial charge in [-0.1, -0.05) is 18.2 Å². The Morgan fingerprint density at radius 1 is 1.29 bits per heavy atom. The molecule has 0 saturated heterocycles. The summed E-state index contributed by atoms with van der Waals surface area (Å²) in [7, 11) is 4.07. The highest BCUT2D eigenvalue weighted by atomic mass is 16.5. The summed E-state index contributed by atoms with van der Waals surface area (Å²) in [5.41, 5.74) is 1.65. The van der Waals surface area contributed by atoms with Gasteiger partial charge in [-0.25, -0.2) is 0 Å². The number of pyridine rings is 1. The molecule has 0 aliphatic heterocycles. The summed E-state index contributed by atoms with van der Waals surface area (Å²) in [6.07, 6.45) is 4.62.